The largest absolute Gasteiger partial charge is 0.361 e. The van der Waals surface area contributed by atoms with Crippen molar-refractivity contribution in [2.24, 2.45) is 11.8 Å². The zero-order chi connectivity index (χ0) is 17.1. The van der Waals surface area contributed by atoms with E-state index in [2.05, 4.69) is 30.8 Å². The van der Waals surface area contributed by atoms with Gasteiger partial charge in [-0.25, -0.2) is 0 Å². The van der Waals surface area contributed by atoms with Crippen LogP contribution in [0.3, 0.4) is 0 Å². The first kappa shape index (κ1) is 17.5. The Balaban J connectivity index is 1.72. The van der Waals surface area contributed by atoms with Gasteiger partial charge >= 0.3 is 0 Å². The molecule has 1 aliphatic carbocycles. The fraction of sp³-hybridized carbons (Fsp3) is 0.789. The molecule has 134 valence electrons. The molecule has 3 rings (SSSR count). The fourth-order valence-corrected chi connectivity index (χ4v) is 3.75. The molecule has 0 radical (unpaired) electrons. The van der Waals surface area contributed by atoms with Crippen LogP contribution in [0, 0.1) is 11.8 Å². The van der Waals surface area contributed by atoms with E-state index in [-0.39, 0.29) is 5.91 Å². The van der Waals surface area contributed by atoms with Crippen molar-refractivity contribution in [2.75, 3.05) is 26.2 Å². The summed E-state index contributed by atoms with van der Waals surface area (Å²) in [5.74, 6) is 2.28. The van der Waals surface area contributed by atoms with Gasteiger partial charge < -0.3 is 9.42 Å². The molecule has 0 unspecified atom stereocenters. The number of carbonyl (C=O) groups excluding carboxylic acids is 1. The highest BCUT2D eigenvalue weighted by Crippen LogP contribution is 2.32. The average Bonchev–Trinajstić information content (AvgIpc) is 3.29. The predicted molar refractivity (Wildman–Crippen MR) is 93.9 cm³/mol. The van der Waals surface area contributed by atoms with Crippen LogP contribution in [0.5, 0.6) is 0 Å². The van der Waals surface area contributed by atoms with Gasteiger partial charge in [-0.15, -0.1) is 0 Å². The van der Waals surface area contributed by atoms with E-state index in [1.54, 1.807) is 6.20 Å². The lowest BCUT2D eigenvalue weighted by atomic mass is 10.0. The van der Waals surface area contributed by atoms with Crippen LogP contribution >= 0.6 is 0 Å². The number of hydrogen-bond donors (Lipinski definition) is 0. The third-order valence-electron chi connectivity index (χ3n) is 5.35. The van der Waals surface area contributed by atoms with Crippen molar-refractivity contribution in [3.63, 3.8) is 0 Å². The molecule has 1 aromatic heterocycles. The number of rotatable bonds is 6. The number of hydrogen-bond acceptors (Lipinski definition) is 4. The molecular formula is C19H31N3O2. The molecule has 24 heavy (non-hydrogen) atoms. The SMILES string of the molecule is CCCc1oncc1C(=O)N1CCCN(CC2CC2)[C@@H](C(C)C)C1. The van der Waals surface area contributed by atoms with Crippen molar-refractivity contribution < 1.29 is 9.32 Å². The summed E-state index contributed by atoms with van der Waals surface area (Å²) < 4.78 is 5.30. The average molecular weight is 333 g/mol. The Morgan fingerprint density at radius 2 is 2.17 bits per heavy atom. The molecule has 0 aromatic carbocycles. The summed E-state index contributed by atoms with van der Waals surface area (Å²) in [4.78, 5) is 17.7. The molecule has 0 bridgehead atoms. The van der Waals surface area contributed by atoms with E-state index in [0.29, 0.717) is 17.5 Å². The summed E-state index contributed by atoms with van der Waals surface area (Å²) in [5.41, 5.74) is 0.662. The lowest BCUT2D eigenvalue weighted by molar-refractivity contribution is 0.0702. The van der Waals surface area contributed by atoms with E-state index in [4.69, 9.17) is 4.52 Å². The minimum absolute atomic E-state index is 0.0959. The standard InChI is InChI=1S/C19H31N3O2/c1-4-6-18-16(11-20-24-18)19(23)22-10-5-9-21(12-15-7-8-15)17(13-22)14(2)3/h11,14-15,17H,4-10,12-13H2,1-3H3/t17-/m1/s1. The highest BCUT2D eigenvalue weighted by molar-refractivity contribution is 5.94. The second kappa shape index (κ2) is 7.68. The highest BCUT2D eigenvalue weighted by atomic mass is 16.5. The number of amides is 1. The molecule has 1 saturated heterocycles. The van der Waals surface area contributed by atoms with Crippen LogP contribution in [-0.2, 0) is 6.42 Å². The van der Waals surface area contributed by atoms with Gasteiger partial charge in [0.2, 0.25) is 0 Å². The third-order valence-corrected chi connectivity index (χ3v) is 5.35. The normalized spacial score (nSPS) is 22.8. The zero-order valence-electron chi connectivity index (χ0n) is 15.3. The first-order valence-electron chi connectivity index (χ1n) is 9.57. The first-order chi connectivity index (χ1) is 11.6. The van der Waals surface area contributed by atoms with Crippen molar-refractivity contribution >= 4 is 5.91 Å². The highest BCUT2D eigenvalue weighted by Gasteiger charge is 2.34. The van der Waals surface area contributed by atoms with Gasteiger partial charge in [0, 0.05) is 38.6 Å². The second-order valence-electron chi connectivity index (χ2n) is 7.77. The van der Waals surface area contributed by atoms with Gasteiger partial charge in [-0.05, 0) is 37.5 Å². The summed E-state index contributed by atoms with van der Waals surface area (Å²) in [7, 11) is 0. The lowest BCUT2D eigenvalue weighted by Crippen LogP contribution is -2.46. The van der Waals surface area contributed by atoms with E-state index in [0.717, 1.165) is 50.6 Å². The van der Waals surface area contributed by atoms with Crippen molar-refractivity contribution in [2.45, 2.75) is 58.9 Å². The van der Waals surface area contributed by atoms with Crippen molar-refractivity contribution in [3.8, 4) is 0 Å². The molecule has 1 amide bonds. The minimum atomic E-state index is 0.0959. The van der Waals surface area contributed by atoms with Gasteiger partial charge in [0.1, 0.15) is 11.3 Å². The van der Waals surface area contributed by atoms with Crippen LogP contribution in [0.15, 0.2) is 10.7 Å². The quantitative estimate of drug-likeness (QED) is 0.802. The molecular weight excluding hydrogens is 302 g/mol. The molecule has 5 heteroatoms. The molecule has 0 N–H and O–H groups in total. The van der Waals surface area contributed by atoms with Gasteiger partial charge in [-0.2, -0.15) is 0 Å². The molecule has 5 nitrogen and oxygen atoms in total. The van der Waals surface area contributed by atoms with Crippen LogP contribution in [0.2, 0.25) is 0 Å². The zero-order valence-corrected chi connectivity index (χ0v) is 15.3. The van der Waals surface area contributed by atoms with Crippen LogP contribution < -0.4 is 0 Å². The van der Waals surface area contributed by atoms with Crippen LogP contribution in [0.4, 0.5) is 0 Å². The Morgan fingerprint density at radius 1 is 1.38 bits per heavy atom. The Morgan fingerprint density at radius 3 is 2.83 bits per heavy atom. The Bertz CT molecular complexity index is 551. The van der Waals surface area contributed by atoms with E-state index in [1.807, 2.05) is 4.90 Å². The van der Waals surface area contributed by atoms with Crippen molar-refractivity contribution in [3.05, 3.63) is 17.5 Å². The Kier molecular flexibility index (Phi) is 5.59. The first-order valence-corrected chi connectivity index (χ1v) is 9.57. The maximum absolute atomic E-state index is 13.0. The van der Waals surface area contributed by atoms with Gasteiger partial charge in [0.15, 0.2) is 0 Å². The van der Waals surface area contributed by atoms with Crippen molar-refractivity contribution in [1.29, 1.82) is 0 Å². The molecule has 0 spiro atoms. The summed E-state index contributed by atoms with van der Waals surface area (Å²) in [6.45, 7) is 10.6. The van der Waals surface area contributed by atoms with E-state index in [9.17, 15) is 4.79 Å². The molecule has 1 aromatic rings. The molecule has 2 aliphatic rings. The molecule has 2 fully saturated rings. The lowest BCUT2D eigenvalue weighted by Gasteiger charge is -2.34. The monoisotopic (exact) mass is 333 g/mol. The van der Waals surface area contributed by atoms with Crippen LogP contribution in [0.25, 0.3) is 0 Å². The van der Waals surface area contributed by atoms with Crippen LogP contribution in [-0.4, -0.2) is 53.1 Å². The number of nitrogens with zero attached hydrogens (tertiary/aromatic N) is 3. The second-order valence-corrected chi connectivity index (χ2v) is 7.77. The topological polar surface area (TPSA) is 49.6 Å². The molecule has 1 atom stereocenters. The maximum Gasteiger partial charge on any atom is 0.259 e. The third kappa shape index (κ3) is 4.00. The van der Waals surface area contributed by atoms with E-state index >= 15 is 0 Å². The number of aryl methyl sites for hydroxylation is 1. The summed E-state index contributed by atoms with van der Waals surface area (Å²) >= 11 is 0. The van der Waals surface area contributed by atoms with E-state index in [1.165, 1.54) is 19.4 Å². The summed E-state index contributed by atoms with van der Waals surface area (Å²) in [6.07, 6.45) is 7.15. The van der Waals surface area contributed by atoms with Gasteiger partial charge in [0.25, 0.3) is 5.91 Å². The van der Waals surface area contributed by atoms with Gasteiger partial charge in [0.05, 0.1) is 6.20 Å². The summed E-state index contributed by atoms with van der Waals surface area (Å²) in [5, 5.41) is 3.86. The molecule has 2 heterocycles. The summed E-state index contributed by atoms with van der Waals surface area (Å²) in [6, 6.07) is 0.450. The molecule has 1 aliphatic heterocycles. The Labute approximate surface area is 145 Å². The molecule has 1 saturated carbocycles. The fourth-order valence-electron chi connectivity index (χ4n) is 3.75. The smallest absolute Gasteiger partial charge is 0.259 e. The van der Waals surface area contributed by atoms with Gasteiger partial charge in [-0.1, -0.05) is 25.9 Å². The van der Waals surface area contributed by atoms with Crippen molar-refractivity contribution in [1.82, 2.24) is 15.0 Å². The van der Waals surface area contributed by atoms with Crippen LogP contribution in [0.1, 0.15) is 62.6 Å². The minimum Gasteiger partial charge on any atom is -0.361 e. The predicted octanol–water partition coefficient (Wildman–Crippen LogP) is 3.21. The maximum atomic E-state index is 13.0. The van der Waals surface area contributed by atoms with Gasteiger partial charge in [-0.3, -0.25) is 9.69 Å². The number of carbonyl (C=O) groups is 1. The van der Waals surface area contributed by atoms with E-state index < -0.39 is 0 Å². The number of aromatic nitrogens is 1. The Hall–Kier alpha value is -1.36.